The molecule has 2 N–H and O–H groups in total. The predicted octanol–water partition coefficient (Wildman–Crippen LogP) is 1.83. The van der Waals surface area contributed by atoms with Crippen molar-refractivity contribution in [1.29, 1.82) is 0 Å². The van der Waals surface area contributed by atoms with E-state index in [-0.39, 0.29) is 0 Å². The van der Waals surface area contributed by atoms with Crippen LogP contribution >= 0.6 is 0 Å². The highest BCUT2D eigenvalue weighted by molar-refractivity contribution is 5.62. The van der Waals surface area contributed by atoms with Crippen molar-refractivity contribution in [2.75, 3.05) is 5.32 Å². The summed E-state index contributed by atoms with van der Waals surface area (Å²) in [6.07, 6.45) is 3.88. The molecule has 16 heavy (non-hydrogen) atoms. The first-order valence-corrected chi connectivity index (χ1v) is 5.52. The molecule has 0 bridgehead atoms. The molecular formula is C11H13N5. The largest absolute Gasteiger partial charge is 0.382 e. The summed E-state index contributed by atoms with van der Waals surface area (Å²) >= 11 is 0. The summed E-state index contributed by atoms with van der Waals surface area (Å²) in [6, 6.07) is 8.76. The average molecular weight is 215 g/mol. The Labute approximate surface area is 93.3 Å². The molecule has 0 atom stereocenters. The van der Waals surface area contributed by atoms with Crippen LogP contribution in [0.2, 0.25) is 0 Å². The summed E-state index contributed by atoms with van der Waals surface area (Å²) in [5, 5.41) is 17.4. The third-order valence-corrected chi connectivity index (χ3v) is 2.94. The minimum absolute atomic E-state index is 0.636. The highest BCUT2D eigenvalue weighted by atomic mass is 15.5. The van der Waals surface area contributed by atoms with E-state index in [1.165, 1.54) is 19.3 Å². The number of benzene rings is 1. The van der Waals surface area contributed by atoms with E-state index in [0.29, 0.717) is 11.9 Å². The van der Waals surface area contributed by atoms with Crippen molar-refractivity contribution in [2.45, 2.75) is 25.3 Å². The van der Waals surface area contributed by atoms with E-state index in [1.54, 1.807) is 0 Å². The van der Waals surface area contributed by atoms with Gasteiger partial charge in [-0.2, -0.15) is 5.21 Å². The van der Waals surface area contributed by atoms with Gasteiger partial charge in [-0.1, -0.05) is 12.1 Å². The van der Waals surface area contributed by atoms with Gasteiger partial charge in [0.25, 0.3) is 0 Å². The van der Waals surface area contributed by atoms with Gasteiger partial charge in [-0.25, -0.2) is 0 Å². The van der Waals surface area contributed by atoms with Crippen LogP contribution < -0.4 is 5.32 Å². The maximum absolute atomic E-state index is 3.97. The highest BCUT2D eigenvalue weighted by Gasteiger charge is 2.16. The molecule has 82 valence electrons. The van der Waals surface area contributed by atoms with Crippen LogP contribution in [0.1, 0.15) is 19.3 Å². The number of hydrogen-bond acceptors (Lipinski definition) is 4. The first-order valence-electron chi connectivity index (χ1n) is 5.52. The second kappa shape index (κ2) is 3.92. The number of nitrogens with zero attached hydrogens (tertiary/aromatic N) is 3. The van der Waals surface area contributed by atoms with E-state index >= 15 is 0 Å². The monoisotopic (exact) mass is 215 g/mol. The zero-order chi connectivity index (χ0) is 10.8. The van der Waals surface area contributed by atoms with Gasteiger partial charge >= 0.3 is 0 Å². The molecule has 1 aliphatic carbocycles. The summed E-state index contributed by atoms with van der Waals surface area (Å²) in [7, 11) is 0. The van der Waals surface area contributed by atoms with Gasteiger partial charge in [0.15, 0.2) is 0 Å². The van der Waals surface area contributed by atoms with Crippen molar-refractivity contribution in [2.24, 2.45) is 0 Å². The lowest BCUT2D eigenvalue weighted by atomic mass is 9.93. The lowest BCUT2D eigenvalue weighted by molar-refractivity contribution is 0.445. The molecule has 0 saturated heterocycles. The first kappa shape index (κ1) is 9.33. The molecule has 0 spiro atoms. The number of tetrazole rings is 1. The Balaban J connectivity index is 1.82. The fourth-order valence-corrected chi connectivity index (χ4v) is 1.82. The van der Waals surface area contributed by atoms with Crippen LogP contribution in [-0.4, -0.2) is 26.7 Å². The van der Waals surface area contributed by atoms with Crippen molar-refractivity contribution in [3.63, 3.8) is 0 Å². The summed E-state index contributed by atoms with van der Waals surface area (Å²) in [6.45, 7) is 0. The molecule has 0 radical (unpaired) electrons. The van der Waals surface area contributed by atoms with E-state index in [9.17, 15) is 0 Å². The summed E-state index contributed by atoms with van der Waals surface area (Å²) in [5.41, 5.74) is 2.12. The minimum atomic E-state index is 0.636. The average Bonchev–Trinajstić information content (AvgIpc) is 2.77. The molecule has 1 aromatic heterocycles. The lowest BCUT2D eigenvalue weighted by Gasteiger charge is -2.27. The van der Waals surface area contributed by atoms with Crippen LogP contribution in [0.3, 0.4) is 0 Å². The fourth-order valence-electron chi connectivity index (χ4n) is 1.82. The van der Waals surface area contributed by atoms with Gasteiger partial charge in [0, 0.05) is 17.3 Å². The third kappa shape index (κ3) is 1.76. The molecule has 0 aliphatic heterocycles. The van der Waals surface area contributed by atoms with Gasteiger partial charge in [-0.05, 0) is 36.6 Å². The van der Waals surface area contributed by atoms with Gasteiger partial charge < -0.3 is 5.32 Å². The van der Waals surface area contributed by atoms with E-state index in [1.807, 2.05) is 12.1 Å². The molecule has 0 unspecified atom stereocenters. The molecule has 5 nitrogen and oxygen atoms in total. The lowest BCUT2D eigenvalue weighted by Crippen LogP contribution is -2.26. The van der Waals surface area contributed by atoms with Gasteiger partial charge in [-0.3, -0.25) is 0 Å². The Kier molecular flexibility index (Phi) is 2.29. The maximum atomic E-state index is 3.97. The summed E-state index contributed by atoms with van der Waals surface area (Å²) in [4.78, 5) is 0. The number of rotatable bonds is 3. The smallest absolute Gasteiger partial charge is 0.204 e. The number of aromatic nitrogens is 4. The van der Waals surface area contributed by atoms with Gasteiger partial charge in [0.2, 0.25) is 5.82 Å². The SMILES string of the molecule is c1cc(NC2CCC2)cc(-c2nn[nH]n2)c1. The maximum Gasteiger partial charge on any atom is 0.204 e. The van der Waals surface area contributed by atoms with Crippen molar-refractivity contribution in [1.82, 2.24) is 20.6 Å². The molecule has 5 heteroatoms. The van der Waals surface area contributed by atoms with E-state index in [2.05, 4.69) is 38.1 Å². The third-order valence-electron chi connectivity index (χ3n) is 2.94. The Hall–Kier alpha value is -1.91. The van der Waals surface area contributed by atoms with Crippen LogP contribution in [0.4, 0.5) is 5.69 Å². The highest BCUT2D eigenvalue weighted by Crippen LogP contribution is 2.25. The molecule has 0 amide bonds. The number of aromatic amines is 1. The van der Waals surface area contributed by atoms with Crippen molar-refractivity contribution in [3.05, 3.63) is 24.3 Å². The molecule has 2 aromatic rings. The molecule has 1 aliphatic rings. The van der Waals surface area contributed by atoms with Crippen LogP contribution in [0.5, 0.6) is 0 Å². The van der Waals surface area contributed by atoms with Crippen LogP contribution in [0.15, 0.2) is 24.3 Å². The molecule has 1 aromatic carbocycles. The molecular weight excluding hydrogens is 202 g/mol. The predicted molar refractivity (Wildman–Crippen MR) is 60.9 cm³/mol. The Morgan fingerprint density at radius 3 is 2.94 bits per heavy atom. The van der Waals surface area contributed by atoms with Crippen molar-refractivity contribution < 1.29 is 0 Å². The zero-order valence-corrected chi connectivity index (χ0v) is 8.85. The zero-order valence-electron chi connectivity index (χ0n) is 8.85. The fraction of sp³-hybridized carbons (Fsp3) is 0.364. The Morgan fingerprint density at radius 2 is 2.25 bits per heavy atom. The Bertz CT molecular complexity index is 461. The van der Waals surface area contributed by atoms with E-state index in [0.717, 1.165) is 11.3 Å². The second-order valence-electron chi connectivity index (χ2n) is 4.09. The second-order valence-corrected chi connectivity index (χ2v) is 4.09. The first-order chi connectivity index (χ1) is 7.92. The van der Waals surface area contributed by atoms with Gasteiger partial charge in [0.1, 0.15) is 0 Å². The number of anilines is 1. The normalized spacial score (nSPS) is 15.8. The van der Waals surface area contributed by atoms with Gasteiger partial charge in [0.05, 0.1) is 0 Å². The number of hydrogen-bond donors (Lipinski definition) is 2. The van der Waals surface area contributed by atoms with Crippen molar-refractivity contribution >= 4 is 5.69 Å². The standard InChI is InChI=1S/C11H13N5/c1-3-8(11-13-15-16-14-11)7-10(6-1)12-9-4-2-5-9/h1,3,6-7,9,12H,2,4-5H2,(H,13,14,15,16). The molecule has 1 saturated carbocycles. The van der Waals surface area contributed by atoms with Crippen molar-refractivity contribution in [3.8, 4) is 11.4 Å². The number of H-pyrrole nitrogens is 1. The summed E-state index contributed by atoms with van der Waals surface area (Å²) < 4.78 is 0. The topological polar surface area (TPSA) is 66.5 Å². The van der Waals surface area contributed by atoms with Crippen LogP contribution in [0, 0.1) is 0 Å². The van der Waals surface area contributed by atoms with E-state index in [4.69, 9.17) is 0 Å². The molecule has 3 rings (SSSR count). The Morgan fingerprint density at radius 1 is 1.31 bits per heavy atom. The van der Waals surface area contributed by atoms with Gasteiger partial charge in [-0.15, -0.1) is 10.2 Å². The van der Waals surface area contributed by atoms with E-state index < -0.39 is 0 Å². The molecule has 1 fully saturated rings. The van der Waals surface area contributed by atoms with Crippen LogP contribution in [0.25, 0.3) is 11.4 Å². The van der Waals surface area contributed by atoms with Crippen LogP contribution in [-0.2, 0) is 0 Å². The quantitative estimate of drug-likeness (QED) is 0.819. The number of nitrogens with one attached hydrogen (secondary N) is 2. The minimum Gasteiger partial charge on any atom is -0.382 e. The summed E-state index contributed by atoms with van der Waals surface area (Å²) in [5.74, 6) is 0.636. The molecule has 1 heterocycles.